The van der Waals surface area contributed by atoms with E-state index in [9.17, 15) is 4.79 Å². The van der Waals surface area contributed by atoms with Crippen LogP contribution in [-0.4, -0.2) is 47.9 Å². The smallest absolute Gasteiger partial charge is 0.227 e. The van der Waals surface area contributed by atoms with Gasteiger partial charge in [-0.2, -0.15) is 0 Å². The minimum absolute atomic E-state index is 0.280. The van der Waals surface area contributed by atoms with E-state index in [1.807, 2.05) is 6.08 Å². The molecule has 3 fully saturated rings. The first-order valence-electron chi connectivity index (χ1n) is 7.43. The zero-order valence-corrected chi connectivity index (χ0v) is 11.2. The Kier molecular flexibility index (Phi) is 3.42. The summed E-state index contributed by atoms with van der Waals surface area (Å²) < 4.78 is 0. The number of fused-ring (bicyclic) bond motifs is 4. The van der Waals surface area contributed by atoms with Crippen molar-refractivity contribution in [1.82, 2.24) is 9.80 Å². The fraction of sp³-hybridized carbons (Fsp3) is 0.800. The highest BCUT2D eigenvalue weighted by atomic mass is 16.2. The van der Waals surface area contributed by atoms with Crippen LogP contribution in [0.5, 0.6) is 0 Å². The summed E-state index contributed by atoms with van der Waals surface area (Å²) in [5, 5.41) is 0. The summed E-state index contributed by atoms with van der Waals surface area (Å²) in [7, 11) is 0. The fourth-order valence-corrected chi connectivity index (χ4v) is 4.10. The summed E-state index contributed by atoms with van der Waals surface area (Å²) in [4.78, 5) is 17.2. The summed E-state index contributed by atoms with van der Waals surface area (Å²) in [6.07, 6.45) is 7.92. The number of amides is 1. The molecule has 3 aliphatic rings. The molecule has 0 N–H and O–H groups in total. The second-order valence-electron chi connectivity index (χ2n) is 6.12. The Morgan fingerprint density at radius 2 is 2.22 bits per heavy atom. The van der Waals surface area contributed by atoms with Crippen LogP contribution in [0.2, 0.25) is 0 Å². The van der Waals surface area contributed by atoms with Crippen LogP contribution >= 0.6 is 0 Å². The van der Waals surface area contributed by atoms with Crippen molar-refractivity contribution in [3.8, 4) is 0 Å². The van der Waals surface area contributed by atoms with Crippen molar-refractivity contribution >= 4 is 5.91 Å². The molecular weight excluding hydrogens is 224 g/mol. The summed E-state index contributed by atoms with van der Waals surface area (Å²) in [6, 6.07) is 0.550. The molecule has 100 valence electrons. The number of nitrogens with zero attached hydrogens (tertiary/aromatic N) is 2. The van der Waals surface area contributed by atoms with Gasteiger partial charge >= 0.3 is 0 Å². The molecule has 18 heavy (non-hydrogen) atoms. The fourth-order valence-electron chi connectivity index (χ4n) is 4.10. The average Bonchev–Trinajstić information content (AvgIpc) is 2.43. The average molecular weight is 248 g/mol. The van der Waals surface area contributed by atoms with Gasteiger partial charge < -0.3 is 9.80 Å². The van der Waals surface area contributed by atoms with Gasteiger partial charge in [0.05, 0.1) is 5.92 Å². The Hall–Kier alpha value is -0.830. The van der Waals surface area contributed by atoms with Crippen molar-refractivity contribution in [3.63, 3.8) is 0 Å². The first-order valence-corrected chi connectivity index (χ1v) is 7.43. The minimum Gasteiger partial charge on any atom is -0.339 e. The molecule has 0 aromatic heterocycles. The molecule has 2 bridgehead atoms. The zero-order chi connectivity index (χ0) is 12.5. The molecule has 3 heterocycles. The molecule has 0 spiro atoms. The number of hydrogen-bond donors (Lipinski definition) is 0. The van der Waals surface area contributed by atoms with Gasteiger partial charge in [-0.1, -0.05) is 6.08 Å². The summed E-state index contributed by atoms with van der Waals surface area (Å²) in [6.45, 7) is 8.06. The van der Waals surface area contributed by atoms with Crippen LogP contribution in [0, 0.1) is 11.8 Å². The first-order chi connectivity index (χ1) is 8.79. The van der Waals surface area contributed by atoms with E-state index in [1.165, 1.54) is 25.8 Å². The maximum atomic E-state index is 12.5. The van der Waals surface area contributed by atoms with Crippen LogP contribution in [0.4, 0.5) is 0 Å². The summed E-state index contributed by atoms with van der Waals surface area (Å²) in [5.74, 6) is 1.45. The van der Waals surface area contributed by atoms with Crippen molar-refractivity contribution in [1.29, 1.82) is 0 Å². The second-order valence-corrected chi connectivity index (χ2v) is 6.12. The van der Waals surface area contributed by atoms with Crippen molar-refractivity contribution in [2.75, 3.05) is 26.2 Å². The third kappa shape index (κ3) is 2.09. The molecule has 0 aromatic rings. The van der Waals surface area contributed by atoms with Crippen molar-refractivity contribution in [2.45, 2.75) is 38.1 Å². The third-order valence-corrected chi connectivity index (χ3v) is 4.93. The highest BCUT2D eigenvalue weighted by molar-refractivity contribution is 5.80. The van der Waals surface area contributed by atoms with Crippen molar-refractivity contribution in [2.24, 2.45) is 11.8 Å². The maximum Gasteiger partial charge on any atom is 0.227 e. The zero-order valence-electron chi connectivity index (χ0n) is 11.2. The van der Waals surface area contributed by atoms with E-state index in [4.69, 9.17) is 0 Å². The highest BCUT2D eigenvalue weighted by Gasteiger charge is 2.45. The molecule has 0 unspecified atom stereocenters. The van der Waals surface area contributed by atoms with E-state index in [-0.39, 0.29) is 5.92 Å². The van der Waals surface area contributed by atoms with Gasteiger partial charge in [-0.25, -0.2) is 0 Å². The number of piperidine rings is 3. The third-order valence-electron chi connectivity index (χ3n) is 4.93. The highest BCUT2D eigenvalue weighted by Crippen LogP contribution is 2.38. The SMILES string of the molecule is C=CCCN1C[C@@H]2C[C@H](C1)[C@H]1CCCCN1C2=O. The van der Waals surface area contributed by atoms with Gasteiger partial charge in [-0.05, 0) is 38.0 Å². The van der Waals surface area contributed by atoms with Crippen LogP contribution in [0.15, 0.2) is 12.7 Å². The molecular formula is C15H24N2O. The van der Waals surface area contributed by atoms with Crippen LogP contribution < -0.4 is 0 Å². The molecule has 3 aliphatic heterocycles. The predicted octanol–water partition coefficient (Wildman–Crippen LogP) is 1.90. The molecule has 0 saturated carbocycles. The summed E-state index contributed by atoms with van der Waals surface area (Å²) >= 11 is 0. The van der Waals surface area contributed by atoms with Crippen LogP contribution in [-0.2, 0) is 4.79 Å². The van der Waals surface area contributed by atoms with E-state index >= 15 is 0 Å². The Morgan fingerprint density at radius 3 is 3.06 bits per heavy atom. The van der Waals surface area contributed by atoms with E-state index in [2.05, 4.69) is 16.4 Å². The van der Waals surface area contributed by atoms with Crippen molar-refractivity contribution in [3.05, 3.63) is 12.7 Å². The van der Waals surface area contributed by atoms with Gasteiger partial charge in [-0.15, -0.1) is 6.58 Å². The van der Waals surface area contributed by atoms with Gasteiger partial charge in [0.15, 0.2) is 0 Å². The lowest BCUT2D eigenvalue weighted by Crippen LogP contribution is -2.61. The van der Waals surface area contributed by atoms with Crippen LogP contribution in [0.25, 0.3) is 0 Å². The minimum atomic E-state index is 0.280. The molecule has 3 heteroatoms. The van der Waals surface area contributed by atoms with E-state index < -0.39 is 0 Å². The normalized spacial score (nSPS) is 36.3. The Morgan fingerprint density at radius 1 is 1.33 bits per heavy atom. The lowest BCUT2D eigenvalue weighted by atomic mass is 9.75. The molecule has 1 amide bonds. The molecule has 0 aromatic carbocycles. The monoisotopic (exact) mass is 248 g/mol. The molecule has 3 atom stereocenters. The lowest BCUT2D eigenvalue weighted by molar-refractivity contribution is -0.152. The van der Waals surface area contributed by atoms with Gasteiger partial charge in [-0.3, -0.25) is 4.79 Å². The molecule has 3 saturated heterocycles. The number of likely N-dealkylation sites (tertiary alicyclic amines) is 1. The van der Waals surface area contributed by atoms with E-state index in [0.717, 1.165) is 38.4 Å². The standard InChI is InChI=1S/C15H24N2O/c1-2-3-7-16-10-12-9-13(11-16)15(18)17-8-5-4-6-14(12)17/h2,12-14H,1,3-11H2/t12-,13+,14-/m1/s1. The largest absolute Gasteiger partial charge is 0.339 e. The topological polar surface area (TPSA) is 23.6 Å². The van der Waals surface area contributed by atoms with Gasteiger partial charge in [0, 0.05) is 32.2 Å². The number of rotatable bonds is 3. The van der Waals surface area contributed by atoms with Gasteiger partial charge in [0.2, 0.25) is 5.91 Å². The molecule has 0 radical (unpaired) electrons. The Balaban J connectivity index is 1.72. The number of carbonyl (C=O) groups is 1. The lowest BCUT2D eigenvalue weighted by Gasteiger charge is -2.52. The molecule has 0 aliphatic carbocycles. The Labute approximate surface area is 110 Å². The number of carbonyl (C=O) groups excluding carboxylic acids is 1. The van der Waals surface area contributed by atoms with Crippen molar-refractivity contribution < 1.29 is 4.79 Å². The number of hydrogen-bond acceptors (Lipinski definition) is 2. The maximum absolute atomic E-state index is 12.5. The molecule has 3 rings (SSSR count). The van der Waals surface area contributed by atoms with E-state index in [1.54, 1.807) is 0 Å². The first kappa shape index (κ1) is 12.2. The molecule has 3 nitrogen and oxygen atoms in total. The Bertz CT molecular complexity index is 341. The van der Waals surface area contributed by atoms with Crippen LogP contribution in [0.3, 0.4) is 0 Å². The predicted molar refractivity (Wildman–Crippen MR) is 72.2 cm³/mol. The van der Waals surface area contributed by atoms with Gasteiger partial charge in [0.1, 0.15) is 0 Å². The quantitative estimate of drug-likeness (QED) is 0.712. The van der Waals surface area contributed by atoms with Crippen LogP contribution in [0.1, 0.15) is 32.1 Å². The van der Waals surface area contributed by atoms with Gasteiger partial charge in [0.25, 0.3) is 0 Å². The summed E-state index contributed by atoms with van der Waals surface area (Å²) in [5.41, 5.74) is 0. The second kappa shape index (κ2) is 5.04. The van der Waals surface area contributed by atoms with E-state index in [0.29, 0.717) is 11.9 Å².